The van der Waals surface area contributed by atoms with Crippen LogP contribution in [0.5, 0.6) is 5.75 Å². The van der Waals surface area contributed by atoms with Gasteiger partial charge < -0.3 is 9.64 Å². The minimum Gasteiger partial charge on any atom is -0.496 e. The van der Waals surface area contributed by atoms with E-state index >= 15 is 0 Å². The van der Waals surface area contributed by atoms with Crippen LogP contribution in [-0.2, 0) is 11.3 Å². The summed E-state index contributed by atoms with van der Waals surface area (Å²) in [6.07, 6.45) is 3.19. The first kappa shape index (κ1) is 17.4. The molecule has 23 heavy (non-hydrogen) atoms. The van der Waals surface area contributed by atoms with Gasteiger partial charge in [-0.05, 0) is 42.0 Å². The SMILES string of the molecule is COc1ccc(Cl)cc1C=CC(=O)N(C)Cc1cccc(Cl)c1. The third kappa shape index (κ3) is 5.02. The van der Waals surface area contributed by atoms with E-state index in [2.05, 4.69) is 0 Å². The van der Waals surface area contributed by atoms with Gasteiger partial charge in [-0.2, -0.15) is 0 Å². The Morgan fingerprint density at radius 2 is 1.91 bits per heavy atom. The van der Waals surface area contributed by atoms with Crippen LogP contribution in [0.3, 0.4) is 0 Å². The zero-order chi connectivity index (χ0) is 16.8. The number of likely N-dealkylation sites (N-methyl/N-ethyl adjacent to an activating group) is 1. The molecular weight excluding hydrogens is 333 g/mol. The Morgan fingerprint density at radius 1 is 1.17 bits per heavy atom. The molecule has 0 saturated heterocycles. The topological polar surface area (TPSA) is 29.5 Å². The fraction of sp³-hybridized carbons (Fsp3) is 0.167. The van der Waals surface area contributed by atoms with Crippen LogP contribution in [0.25, 0.3) is 6.08 Å². The fourth-order valence-electron chi connectivity index (χ4n) is 2.11. The zero-order valence-corrected chi connectivity index (χ0v) is 14.4. The first-order chi connectivity index (χ1) is 11.0. The van der Waals surface area contributed by atoms with Crippen molar-refractivity contribution in [2.45, 2.75) is 6.54 Å². The lowest BCUT2D eigenvalue weighted by Crippen LogP contribution is -2.24. The molecule has 0 heterocycles. The average Bonchev–Trinajstić information content (AvgIpc) is 2.52. The lowest BCUT2D eigenvalue weighted by molar-refractivity contribution is -0.125. The quantitative estimate of drug-likeness (QED) is 0.733. The summed E-state index contributed by atoms with van der Waals surface area (Å²) in [5.74, 6) is 0.544. The standard InChI is InChI=1S/C18H17Cl2NO2/c1-21(12-13-4-3-5-15(19)10-13)18(22)9-6-14-11-16(20)7-8-17(14)23-2/h3-11H,12H2,1-2H3. The van der Waals surface area contributed by atoms with Crippen LogP contribution in [0.4, 0.5) is 0 Å². The van der Waals surface area contributed by atoms with Crippen molar-refractivity contribution in [1.82, 2.24) is 4.90 Å². The number of nitrogens with zero attached hydrogens (tertiary/aromatic N) is 1. The van der Waals surface area contributed by atoms with Gasteiger partial charge in [-0.15, -0.1) is 0 Å². The largest absolute Gasteiger partial charge is 0.496 e. The number of benzene rings is 2. The smallest absolute Gasteiger partial charge is 0.246 e. The van der Waals surface area contributed by atoms with Crippen LogP contribution in [-0.4, -0.2) is 25.0 Å². The Bertz CT molecular complexity index is 729. The van der Waals surface area contributed by atoms with E-state index in [-0.39, 0.29) is 5.91 Å². The molecule has 0 fully saturated rings. The highest BCUT2D eigenvalue weighted by Crippen LogP contribution is 2.23. The van der Waals surface area contributed by atoms with Gasteiger partial charge in [-0.3, -0.25) is 4.79 Å². The number of hydrogen-bond donors (Lipinski definition) is 0. The molecule has 0 aromatic heterocycles. The van der Waals surface area contributed by atoms with Gasteiger partial charge in [0.1, 0.15) is 5.75 Å². The van der Waals surface area contributed by atoms with Crippen molar-refractivity contribution in [2.75, 3.05) is 14.2 Å². The lowest BCUT2D eigenvalue weighted by atomic mass is 10.1. The van der Waals surface area contributed by atoms with Crippen molar-refractivity contribution in [2.24, 2.45) is 0 Å². The predicted octanol–water partition coefficient (Wildman–Crippen LogP) is 4.67. The fourth-order valence-corrected chi connectivity index (χ4v) is 2.50. The van der Waals surface area contributed by atoms with Gasteiger partial charge in [0.25, 0.3) is 0 Å². The molecule has 5 heteroatoms. The Labute approximate surface area is 146 Å². The first-order valence-electron chi connectivity index (χ1n) is 7.01. The molecule has 0 atom stereocenters. The maximum absolute atomic E-state index is 12.2. The van der Waals surface area contributed by atoms with E-state index in [4.69, 9.17) is 27.9 Å². The van der Waals surface area contributed by atoms with E-state index in [0.717, 1.165) is 11.1 Å². The summed E-state index contributed by atoms with van der Waals surface area (Å²) in [5.41, 5.74) is 1.73. The normalized spacial score (nSPS) is 10.8. The van der Waals surface area contributed by atoms with Crippen molar-refractivity contribution < 1.29 is 9.53 Å². The second-order valence-electron chi connectivity index (χ2n) is 5.04. The van der Waals surface area contributed by atoms with Gasteiger partial charge in [-0.25, -0.2) is 0 Å². The van der Waals surface area contributed by atoms with E-state index in [9.17, 15) is 4.79 Å². The highest BCUT2D eigenvalue weighted by Gasteiger charge is 2.07. The van der Waals surface area contributed by atoms with Gasteiger partial charge in [0.15, 0.2) is 0 Å². The van der Waals surface area contributed by atoms with Gasteiger partial charge in [0, 0.05) is 35.3 Å². The van der Waals surface area contributed by atoms with E-state index in [1.807, 2.05) is 18.2 Å². The Morgan fingerprint density at radius 3 is 2.61 bits per heavy atom. The summed E-state index contributed by atoms with van der Waals surface area (Å²) >= 11 is 11.9. The highest BCUT2D eigenvalue weighted by molar-refractivity contribution is 6.31. The minimum atomic E-state index is -0.119. The van der Waals surface area contributed by atoms with E-state index in [1.54, 1.807) is 49.4 Å². The molecule has 120 valence electrons. The molecule has 0 aliphatic rings. The molecule has 0 radical (unpaired) electrons. The van der Waals surface area contributed by atoms with Gasteiger partial charge >= 0.3 is 0 Å². The molecule has 0 bridgehead atoms. The number of amides is 1. The lowest BCUT2D eigenvalue weighted by Gasteiger charge is -2.15. The molecule has 2 aromatic rings. The molecule has 0 saturated carbocycles. The Balaban J connectivity index is 2.07. The number of carbonyl (C=O) groups excluding carboxylic acids is 1. The summed E-state index contributed by atoms with van der Waals surface area (Å²) in [4.78, 5) is 13.8. The molecule has 1 amide bonds. The van der Waals surface area contributed by atoms with Crippen LogP contribution in [0, 0.1) is 0 Å². The number of hydrogen-bond acceptors (Lipinski definition) is 2. The van der Waals surface area contributed by atoms with Crippen molar-refractivity contribution in [3.8, 4) is 5.75 Å². The second-order valence-corrected chi connectivity index (χ2v) is 5.92. The zero-order valence-electron chi connectivity index (χ0n) is 12.9. The maximum Gasteiger partial charge on any atom is 0.246 e. The Kier molecular flexibility index (Phi) is 6.08. The van der Waals surface area contributed by atoms with Gasteiger partial charge in [-0.1, -0.05) is 35.3 Å². The number of methoxy groups -OCH3 is 1. The summed E-state index contributed by atoms with van der Waals surface area (Å²) in [7, 11) is 3.32. The summed E-state index contributed by atoms with van der Waals surface area (Å²) < 4.78 is 5.25. The molecule has 0 aliphatic carbocycles. The first-order valence-corrected chi connectivity index (χ1v) is 7.76. The highest BCUT2D eigenvalue weighted by atomic mass is 35.5. The third-order valence-corrected chi connectivity index (χ3v) is 3.75. The molecule has 0 N–H and O–H groups in total. The van der Waals surface area contributed by atoms with E-state index < -0.39 is 0 Å². The third-order valence-electron chi connectivity index (χ3n) is 3.28. The monoisotopic (exact) mass is 349 g/mol. The molecule has 2 aromatic carbocycles. The second kappa shape index (κ2) is 8.04. The number of halogens is 2. The summed E-state index contributed by atoms with van der Waals surface area (Å²) in [5, 5.41) is 1.24. The van der Waals surface area contributed by atoms with Gasteiger partial charge in [0.05, 0.1) is 7.11 Å². The van der Waals surface area contributed by atoms with Crippen LogP contribution in [0.15, 0.2) is 48.5 Å². The van der Waals surface area contributed by atoms with Crippen LogP contribution in [0.1, 0.15) is 11.1 Å². The molecule has 0 aliphatic heterocycles. The van der Waals surface area contributed by atoms with Crippen LogP contribution < -0.4 is 4.74 Å². The van der Waals surface area contributed by atoms with E-state index in [0.29, 0.717) is 22.3 Å². The number of carbonyl (C=O) groups is 1. The van der Waals surface area contributed by atoms with Crippen molar-refractivity contribution in [1.29, 1.82) is 0 Å². The van der Waals surface area contributed by atoms with Crippen LogP contribution in [0.2, 0.25) is 10.0 Å². The van der Waals surface area contributed by atoms with E-state index in [1.165, 1.54) is 6.08 Å². The molecule has 0 spiro atoms. The van der Waals surface area contributed by atoms with Crippen molar-refractivity contribution >= 4 is 35.2 Å². The predicted molar refractivity (Wildman–Crippen MR) is 95.0 cm³/mol. The molecular formula is C18H17Cl2NO2. The number of ether oxygens (including phenoxy) is 1. The summed E-state index contributed by atoms with van der Waals surface area (Å²) in [6.45, 7) is 0.483. The molecule has 3 nitrogen and oxygen atoms in total. The summed E-state index contributed by atoms with van der Waals surface area (Å²) in [6, 6.07) is 12.7. The average molecular weight is 350 g/mol. The van der Waals surface area contributed by atoms with Crippen molar-refractivity contribution in [3.63, 3.8) is 0 Å². The van der Waals surface area contributed by atoms with Gasteiger partial charge in [0.2, 0.25) is 5.91 Å². The molecule has 0 unspecified atom stereocenters. The van der Waals surface area contributed by atoms with Crippen LogP contribution >= 0.6 is 23.2 Å². The minimum absolute atomic E-state index is 0.119. The Hall–Kier alpha value is -1.97. The number of rotatable bonds is 5. The molecule has 2 rings (SSSR count). The maximum atomic E-state index is 12.2. The van der Waals surface area contributed by atoms with Crippen molar-refractivity contribution in [3.05, 3.63) is 69.7 Å².